The monoisotopic (exact) mass is 386 g/mol. The van der Waals surface area contributed by atoms with E-state index in [0.717, 1.165) is 63.0 Å². The second kappa shape index (κ2) is 11.8. The topological polar surface area (TPSA) is 35.8 Å². The second-order valence-electron chi connectivity index (χ2n) is 6.81. The zero-order valence-electron chi connectivity index (χ0n) is 16.5. The summed E-state index contributed by atoms with van der Waals surface area (Å²) in [4.78, 5) is 2.47. The van der Waals surface area contributed by atoms with Crippen LogP contribution < -0.4 is 0 Å². The molecule has 0 amide bonds. The van der Waals surface area contributed by atoms with E-state index in [2.05, 4.69) is 48.2 Å². The molecule has 0 heterocycles. The second-order valence-corrected chi connectivity index (χ2v) is 7.24. The minimum Gasteiger partial charge on any atom is -0.411 e. The van der Waals surface area contributed by atoms with Crippen molar-refractivity contribution in [3.8, 4) is 0 Å². The predicted octanol–water partition coefficient (Wildman–Crippen LogP) is 5.82. The normalized spacial score (nSPS) is 11.9. The minimum atomic E-state index is 0.692. The van der Waals surface area contributed by atoms with Crippen molar-refractivity contribution in [1.29, 1.82) is 0 Å². The number of benzene rings is 2. The average molecular weight is 387 g/mol. The van der Waals surface area contributed by atoms with E-state index < -0.39 is 0 Å². The molecule has 2 rings (SSSR count). The van der Waals surface area contributed by atoms with Crippen molar-refractivity contribution in [1.82, 2.24) is 4.90 Å². The summed E-state index contributed by atoms with van der Waals surface area (Å²) >= 11 is 5.93. The van der Waals surface area contributed by atoms with E-state index in [9.17, 15) is 5.21 Å². The maximum absolute atomic E-state index is 9.33. The van der Waals surface area contributed by atoms with Crippen LogP contribution in [0.4, 0.5) is 0 Å². The van der Waals surface area contributed by atoms with Gasteiger partial charge in [0.2, 0.25) is 0 Å². The summed E-state index contributed by atoms with van der Waals surface area (Å²) in [5.74, 6) is 0. The molecule has 0 saturated carbocycles. The van der Waals surface area contributed by atoms with Crippen LogP contribution in [-0.2, 0) is 12.8 Å². The first-order valence-electron chi connectivity index (χ1n) is 9.93. The van der Waals surface area contributed by atoms with Crippen LogP contribution in [0.3, 0.4) is 0 Å². The third kappa shape index (κ3) is 7.00. The van der Waals surface area contributed by atoms with Gasteiger partial charge < -0.3 is 10.1 Å². The summed E-state index contributed by atoms with van der Waals surface area (Å²) in [5, 5.41) is 13.5. The summed E-state index contributed by atoms with van der Waals surface area (Å²) in [6.07, 6.45) is 5.00. The van der Waals surface area contributed by atoms with Gasteiger partial charge in [0.1, 0.15) is 0 Å². The molecule has 0 saturated heterocycles. The van der Waals surface area contributed by atoms with Gasteiger partial charge in [-0.3, -0.25) is 0 Å². The summed E-state index contributed by atoms with van der Waals surface area (Å²) < 4.78 is 0. The van der Waals surface area contributed by atoms with Crippen molar-refractivity contribution in [2.45, 2.75) is 46.0 Å². The van der Waals surface area contributed by atoms with Crippen LogP contribution in [0.25, 0.3) is 0 Å². The molecule has 0 aliphatic heterocycles. The first kappa shape index (κ1) is 21.5. The Kier molecular flexibility index (Phi) is 9.37. The first-order valence-corrected chi connectivity index (χ1v) is 10.3. The molecule has 0 aliphatic rings. The largest absolute Gasteiger partial charge is 0.411 e. The van der Waals surface area contributed by atoms with Crippen molar-refractivity contribution in [2.24, 2.45) is 5.16 Å². The average Bonchev–Trinajstić information content (AvgIpc) is 2.70. The Morgan fingerprint density at radius 3 is 2.15 bits per heavy atom. The van der Waals surface area contributed by atoms with E-state index in [1.54, 1.807) is 0 Å². The van der Waals surface area contributed by atoms with E-state index in [1.165, 1.54) is 11.1 Å². The number of nitrogens with zero attached hydrogens (tertiary/aromatic N) is 2. The number of oxime groups is 1. The standard InChI is InChI=1S/C23H31ClN2O/c1-3-26(4-2)18-17-20-11-6-5-9-19(20)10-7-8-12-23(25-27)21-13-15-22(24)16-14-21/h5-6,9,11,13-16,27H,3-4,7-8,10,12,17-18H2,1-2H3. The lowest BCUT2D eigenvalue weighted by Crippen LogP contribution is -2.25. The Balaban J connectivity index is 1.85. The molecule has 146 valence electrons. The van der Waals surface area contributed by atoms with Gasteiger partial charge in [-0.2, -0.15) is 0 Å². The number of unbranched alkanes of at least 4 members (excludes halogenated alkanes) is 1. The lowest BCUT2D eigenvalue weighted by molar-refractivity contribution is 0.307. The Morgan fingerprint density at radius 1 is 0.926 bits per heavy atom. The smallest absolute Gasteiger partial charge is 0.0867 e. The molecule has 0 unspecified atom stereocenters. The molecule has 0 atom stereocenters. The Bertz CT molecular complexity index is 709. The van der Waals surface area contributed by atoms with Crippen molar-refractivity contribution < 1.29 is 5.21 Å². The van der Waals surface area contributed by atoms with E-state index >= 15 is 0 Å². The molecule has 0 radical (unpaired) electrons. The summed E-state index contributed by atoms with van der Waals surface area (Å²) in [6.45, 7) is 7.76. The first-order chi connectivity index (χ1) is 13.2. The molecule has 27 heavy (non-hydrogen) atoms. The van der Waals surface area contributed by atoms with Gasteiger partial charge in [-0.05, 0) is 74.0 Å². The quantitative estimate of drug-likeness (QED) is 0.229. The van der Waals surface area contributed by atoms with Crippen molar-refractivity contribution in [2.75, 3.05) is 19.6 Å². The van der Waals surface area contributed by atoms with Crippen LogP contribution in [0.5, 0.6) is 0 Å². The molecule has 1 N–H and O–H groups in total. The van der Waals surface area contributed by atoms with E-state index in [4.69, 9.17) is 11.6 Å². The van der Waals surface area contributed by atoms with Gasteiger partial charge in [0.05, 0.1) is 5.71 Å². The SMILES string of the molecule is CCN(CC)CCc1ccccc1CCCCC(=NO)c1ccc(Cl)cc1. The van der Waals surface area contributed by atoms with E-state index in [1.807, 2.05) is 24.3 Å². The van der Waals surface area contributed by atoms with Crippen LogP contribution in [0.15, 0.2) is 53.7 Å². The molecule has 0 bridgehead atoms. The maximum Gasteiger partial charge on any atom is 0.0867 e. The highest BCUT2D eigenvalue weighted by Gasteiger charge is 2.07. The fourth-order valence-electron chi connectivity index (χ4n) is 3.37. The number of hydrogen-bond acceptors (Lipinski definition) is 3. The zero-order chi connectivity index (χ0) is 19.5. The molecule has 0 fully saturated rings. The van der Waals surface area contributed by atoms with E-state index in [-0.39, 0.29) is 0 Å². The fraction of sp³-hybridized carbons (Fsp3) is 0.435. The van der Waals surface area contributed by atoms with Gasteiger partial charge in [0.15, 0.2) is 0 Å². The van der Waals surface area contributed by atoms with Crippen LogP contribution in [0.1, 0.15) is 49.8 Å². The maximum atomic E-state index is 9.33. The van der Waals surface area contributed by atoms with Gasteiger partial charge in [0.25, 0.3) is 0 Å². The van der Waals surface area contributed by atoms with Gasteiger partial charge in [-0.15, -0.1) is 0 Å². The van der Waals surface area contributed by atoms with Crippen LogP contribution in [0, 0.1) is 0 Å². The third-order valence-corrected chi connectivity index (χ3v) is 5.37. The molecule has 3 nitrogen and oxygen atoms in total. The van der Waals surface area contributed by atoms with Crippen LogP contribution in [-0.4, -0.2) is 35.5 Å². The highest BCUT2D eigenvalue weighted by Crippen LogP contribution is 2.16. The van der Waals surface area contributed by atoms with Crippen LogP contribution >= 0.6 is 11.6 Å². The van der Waals surface area contributed by atoms with Crippen molar-refractivity contribution >= 4 is 17.3 Å². The van der Waals surface area contributed by atoms with Gasteiger partial charge in [-0.25, -0.2) is 0 Å². The van der Waals surface area contributed by atoms with Gasteiger partial charge in [0, 0.05) is 11.6 Å². The van der Waals surface area contributed by atoms with Gasteiger partial charge in [-0.1, -0.05) is 67.0 Å². The van der Waals surface area contributed by atoms with Crippen LogP contribution in [0.2, 0.25) is 5.02 Å². The van der Waals surface area contributed by atoms with E-state index in [0.29, 0.717) is 5.02 Å². The lowest BCUT2D eigenvalue weighted by atomic mass is 9.97. The Morgan fingerprint density at radius 2 is 1.56 bits per heavy atom. The summed E-state index contributed by atoms with van der Waals surface area (Å²) in [7, 11) is 0. The Labute approximate surface area is 168 Å². The molecular weight excluding hydrogens is 356 g/mol. The molecule has 0 aliphatic carbocycles. The number of likely N-dealkylation sites (N-methyl/N-ethyl adjacent to an activating group) is 1. The zero-order valence-corrected chi connectivity index (χ0v) is 17.3. The predicted molar refractivity (Wildman–Crippen MR) is 115 cm³/mol. The van der Waals surface area contributed by atoms with Gasteiger partial charge >= 0.3 is 0 Å². The third-order valence-electron chi connectivity index (χ3n) is 5.12. The fourth-order valence-corrected chi connectivity index (χ4v) is 3.49. The highest BCUT2D eigenvalue weighted by molar-refractivity contribution is 6.30. The van der Waals surface area contributed by atoms with Crippen molar-refractivity contribution in [3.63, 3.8) is 0 Å². The van der Waals surface area contributed by atoms with Crippen molar-refractivity contribution in [3.05, 3.63) is 70.2 Å². The molecule has 2 aromatic rings. The summed E-state index contributed by atoms with van der Waals surface area (Å²) in [5.41, 5.74) is 4.56. The molecule has 4 heteroatoms. The molecule has 0 aromatic heterocycles. The molecule has 0 spiro atoms. The number of hydrogen-bond donors (Lipinski definition) is 1. The highest BCUT2D eigenvalue weighted by atomic mass is 35.5. The summed E-state index contributed by atoms with van der Waals surface area (Å²) in [6, 6.07) is 16.2. The lowest BCUT2D eigenvalue weighted by Gasteiger charge is -2.19. The number of aryl methyl sites for hydroxylation is 1. The number of halogens is 1. The minimum absolute atomic E-state index is 0.692. The molecular formula is C23H31ClN2O. The Hall–Kier alpha value is -1.84. The number of rotatable bonds is 11. The molecule has 2 aromatic carbocycles.